The summed E-state index contributed by atoms with van der Waals surface area (Å²) in [5, 5.41) is 6.50. The summed E-state index contributed by atoms with van der Waals surface area (Å²) in [6, 6.07) is 2.44. The largest absolute Gasteiger partial charge is 0.309 e. The molecule has 0 aromatic carbocycles. The Balaban J connectivity index is 2.53. The van der Waals surface area contributed by atoms with Crippen molar-refractivity contribution in [2.24, 2.45) is 0 Å². The highest BCUT2D eigenvalue weighted by molar-refractivity contribution is 7.10. The van der Waals surface area contributed by atoms with Crippen LogP contribution in [0.1, 0.15) is 50.4 Å². The lowest BCUT2D eigenvalue weighted by Crippen LogP contribution is -2.20. The monoisotopic (exact) mass is 245 g/mol. The standard InChI is InChI=1S/C12H20ClNS/c1-3-5-6-7-11(14-4-2)12-10(13)8-9-15-12/h8-9,11,14H,3-7H2,1-2H3. The van der Waals surface area contributed by atoms with Crippen LogP contribution in [0, 0.1) is 0 Å². The summed E-state index contributed by atoms with van der Waals surface area (Å²) in [6.45, 7) is 5.39. The molecule has 0 radical (unpaired) electrons. The van der Waals surface area contributed by atoms with Crippen molar-refractivity contribution in [3.8, 4) is 0 Å². The number of nitrogens with one attached hydrogen (secondary N) is 1. The topological polar surface area (TPSA) is 12.0 Å². The van der Waals surface area contributed by atoms with Gasteiger partial charge in [-0.25, -0.2) is 0 Å². The number of hydrogen-bond acceptors (Lipinski definition) is 2. The molecule has 0 aliphatic rings. The Morgan fingerprint density at radius 1 is 1.40 bits per heavy atom. The van der Waals surface area contributed by atoms with Crippen molar-refractivity contribution in [3.05, 3.63) is 21.3 Å². The van der Waals surface area contributed by atoms with Gasteiger partial charge in [0.2, 0.25) is 0 Å². The molecule has 0 fully saturated rings. The molecule has 0 aliphatic heterocycles. The quantitative estimate of drug-likeness (QED) is 0.691. The van der Waals surface area contributed by atoms with E-state index in [9.17, 15) is 0 Å². The number of halogens is 1. The molecule has 1 aromatic heterocycles. The zero-order valence-electron chi connectivity index (χ0n) is 9.55. The number of unbranched alkanes of at least 4 members (excludes halogenated alkanes) is 2. The second-order valence-electron chi connectivity index (χ2n) is 3.74. The highest BCUT2D eigenvalue weighted by Gasteiger charge is 2.14. The van der Waals surface area contributed by atoms with Crippen molar-refractivity contribution in [3.63, 3.8) is 0 Å². The summed E-state index contributed by atoms with van der Waals surface area (Å²) in [4.78, 5) is 1.30. The van der Waals surface area contributed by atoms with Gasteiger partial charge in [0.15, 0.2) is 0 Å². The molecule has 1 atom stereocenters. The van der Waals surface area contributed by atoms with Gasteiger partial charge >= 0.3 is 0 Å². The fourth-order valence-electron chi connectivity index (χ4n) is 1.72. The molecule has 0 amide bonds. The summed E-state index contributed by atoms with van der Waals surface area (Å²) in [5.74, 6) is 0. The summed E-state index contributed by atoms with van der Waals surface area (Å²) in [7, 11) is 0. The van der Waals surface area contributed by atoms with Crippen LogP contribution in [0.25, 0.3) is 0 Å². The third-order valence-corrected chi connectivity index (χ3v) is 3.98. The second-order valence-corrected chi connectivity index (χ2v) is 5.09. The molecule has 86 valence electrons. The number of rotatable bonds is 7. The van der Waals surface area contributed by atoms with Gasteiger partial charge in [0.25, 0.3) is 0 Å². The maximum Gasteiger partial charge on any atom is 0.0561 e. The molecular formula is C12H20ClNS. The highest BCUT2D eigenvalue weighted by atomic mass is 35.5. The van der Waals surface area contributed by atoms with Gasteiger partial charge in [0.1, 0.15) is 0 Å². The summed E-state index contributed by atoms with van der Waals surface area (Å²) < 4.78 is 0. The molecule has 1 N–H and O–H groups in total. The molecule has 1 nitrogen and oxygen atoms in total. The van der Waals surface area contributed by atoms with Crippen LogP contribution in [-0.2, 0) is 0 Å². The van der Waals surface area contributed by atoms with Crippen LogP contribution in [0.4, 0.5) is 0 Å². The molecule has 0 saturated heterocycles. The van der Waals surface area contributed by atoms with E-state index >= 15 is 0 Å². The van der Waals surface area contributed by atoms with Crippen LogP contribution in [0.5, 0.6) is 0 Å². The maximum absolute atomic E-state index is 6.15. The van der Waals surface area contributed by atoms with E-state index in [1.165, 1.54) is 30.6 Å². The van der Waals surface area contributed by atoms with E-state index in [0.29, 0.717) is 6.04 Å². The van der Waals surface area contributed by atoms with Crippen LogP contribution in [0.3, 0.4) is 0 Å². The van der Waals surface area contributed by atoms with Crippen molar-refractivity contribution in [1.29, 1.82) is 0 Å². The van der Waals surface area contributed by atoms with Crippen molar-refractivity contribution in [2.45, 2.75) is 45.6 Å². The third kappa shape index (κ3) is 4.13. The van der Waals surface area contributed by atoms with E-state index in [-0.39, 0.29) is 0 Å². The third-order valence-electron chi connectivity index (χ3n) is 2.51. The SMILES string of the molecule is CCCCCC(NCC)c1sccc1Cl. The molecule has 1 aromatic rings. The molecular weight excluding hydrogens is 226 g/mol. The van der Waals surface area contributed by atoms with Crippen LogP contribution in [0.2, 0.25) is 5.02 Å². The Hall–Kier alpha value is -0.0500. The normalized spacial score (nSPS) is 13.0. The summed E-state index contributed by atoms with van der Waals surface area (Å²) >= 11 is 7.91. The fraction of sp³-hybridized carbons (Fsp3) is 0.667. The minimum absolute atomic E-state index is 0.453. The highest BCUT2D eigenvalue weighted by Crippen LogP contribution is 2.31. The average Bonchev–Trinajstić information content (AvgIpc) is 2.64. The van der Waals surface area contributed by atoms with E-state index in [2.05, 4.69) is 24.5 Å². The van der Waals surface area contributed by atoms with Gasteiger partial charge in [0.05, 0.1) is 5.02 Å². The van der Waals surface area contributed by atoms with E-state index < -0.39 is 0 Å². The van der Waals surface area contributed by atoms with Gasteiger partial charge in [-0.1, -0.05) is 44.7 Å². The first-order chi connectivity index (χ1) is 7.29. The zero-order valence-corrected chi connectivity index (χ0v) is 11.1. The van der Waals surface area contributed by atoms with Crippen molar-refractivity contribution in [2.75, 3.05) is 6.54 Å². The Bertz CT molecular complexity index is 272. The molecule has 0 spiro atoms. The predicted octanol–water partition coefficient (Wildman–Crippen LogP) is 4.63. The first-order valence-electron chi connectivity index (χ1n) is 5.75. The lowest BCUT2D eigenvalue weighted by molar-refractivity contribution is 0.493. The number of thiophene rings is 1. The minimum atomic E-state index is 0.453. The van der Waals surface area contributed by atoms with Crippen molar-refractivity contribution >= 4 is 22.9 Å². The van der Waals surface area contributed by atoms with Gasteiger partial charge in [0, 0.05) is 10.9 Å². The van der Waals surface area contributed by atoms with Crippen LogP contribution in [-0.4, -0.2) is 6.54 Å². The van der Waals surface area contributed by atoms with E-state index in [0.717, 1.165) is 11.6 Å². The van der Waals surface area contributed by atoms with Crippen LogP contribution < -0.4 is 5.32 Å². The second kappa shape index (κ2) is 7.26. The average molecular weight is 246 g/mol. The van der Waals surface area contributed by atoms with Gasteiger partial charge < -0.3 is 5.32 Å². The first kappa shape index (κ1) is 13.0. The molecule has 15 heavy (non-hydrogen) atoms. The van der Waals surface area contributed by atoms with Gasteiger partial charge in [-0.3, -0.25) is 0 Å². The van der Waals surface area contributed by atoms with Crippen molar-refractivity contribution in [1.82, 2.24) is 5.32 Å². The Labute approximate surface area is 102 Å². The maximum atomic E-state index is 6.15. The molecule has 0 saturated carbocycles. The van der Waals surface area contributed by atoms with E-state index in [1.807, 2.05) is 6.07 Å². The predicted molar refractivity (Wildman–Crippen MR) is 69.9 cm³/mol. The van der Waals surface area contributed by atoms with Crippen LogP contribution in [0.15, 0.2) is 11.4 Å². The lowest BCUT2D eigenvalue weighted by Gasteiger charge is -2.16. The minimum Gasteiger partial charge on any atom is -0.309 e. The zero-order chi connectivity index (χ0) is 11.1. The Morgan fingerprint density at radius 2 is 2.20 bits per heavy atom. The number of hydrogen-bond donors (Lipinski definition) is 1. The smallest absolute Gasteiger partial charge is 0.0561 e. The van der Waals surface area contributed by atoms with Gasteiger partial charge in [-0.2, -0.15) is 0 Å². The van der Waals surface area contributed by atoms with E-state index in [1.54, 1.807) is 11.3 Å². The Morgan fingerprint density at radius 3 is 2.73 bits per heavy atom. The fourth-order valence-corrected chi connectivity index (χ4v) is 3.02. The van der Waals surface area contributed by atoms with Crippen LogP contribution >= 0.6 is 22.9 Å². The molecule has 1 heterocycles. The van der Waals surface area contributed by atoms with E-state index in [4.69, 9.17) is 11.6 Å². The summed E-state index contributed by atoms with van der Waals surface area (Å²) in [6.07, 6.45) is 5.06. The molecule has 1 unspecified atom stereocenters. The lowest BCUT2D eigenvalue weighted by atomic mass is 10.1. The molecule has 0 bridgehead atoms. The molecule has 1 rings (SSSR count). The Kier molecular flexibility index (Phi) is 6.30. The summed E-state index contributed by atoms with van der Waals surface area (Å²) in [5.41, 5.74) is 0. The first-order valence-corrected chi connectivity index (χ1v) is 7.01. The van der Waals surface area contributed by atoms with Crippen molar-refractivity contribution < 1.29 is 0 Å². The molecule has 3 heteroatoms. The molecule has 0 aliphatic carbocycles. The van der Waals surface area contributed by atoms with Gasteiger partial charge in [-0.05, 0) is 24.4 Å². The van der Waals surface area contributed by atoms with Gasteiger partial charge in [-0.15, -0.1) is 11.3 Å².